The molecule has 0 radical (unpaired) electrons. The van der Waals surface area contributed by atoms with E-state index < -0.39 is 6.04 Å². The molecule has 0 bridgehead atoms. The van der Waals surface area contributed by atoms with Gasteiger partial charge in [0.15, 0.2) is 22.8 Å². The lowest BCUT2D eigenvalue weighted by Gasteiger charge is -2.22. The van der Waals surface area contributed by atoms with Crippen LogP contribution in [-0.4, -0.2) is 75.7 Å². The van der Waals surface area contributed by atoms with E-state index in [4.69, 9.17) is 34.6 Å². The van der Waals surface area contributed by atoms with E-state index >= 15 is 0 Å². The molecule has 1 unspecified atom stereocenters. The Labute approximate surface area is 303 Å². The van der Waals surface area contributed by atoms with Crippen LogP contribution in [0.1, 0.15) is 59.4 Å². The quantitative estimate of drug-likeness (QED) is 0.0173. The van der Waals surface area contributed by atoms with Crippen LogP contribution < -0.4 is 44.1 Å². The fraction of sp³-hybridized carbons (Fsp3) is 0.314. The van der Waals surface area contributed by atoms with Gasteiger partial charge in [0.25, 0.3) is 5.91 Å². The Bertz CT molecular complexity index is 1790. The highest BCUT2D eigenvalue weighted by atomic mass is 16.2. The Morgan fingerprint density at radius 1 is 1.08 bits per heavy atom. The van der Waals surface area contributed by atoms with Crippen molar-refractivity contribution >= 4 is 53.1 Å². The number of benzene rings is 2. The number of hydrogen-bond donors (Lipinski definition) is 8. The summed E-state index contributed by atoms with van der Waals surface area (Å²) < 4.78 is 0. The first-order valence-corrected chi connectivity index (χ1v) is 16.2. The van der Waals surface area contributed by atoms with Gasteiger partial charge in [0.1, 0.15) is 6.29 Å². The number of nitrogen functional groups attached to an aromatic ring is 2. The molecule has 0 spiro atoms. The molecule has 12 N–H and O–H groups in total. The van der Waals surface area contributed by atoms with Crippen molar-refractivity contribution < 1.29 is 19.5 Å². The Kier molecular flexibility index (Phi) is 20.0. The molecule has 0 aliphatic heterocycles. The van der Waals surface area contributed by atoms with Crippen LogP contribution in [0.15, 0.2) is 53.8 Å². The molecular weight excluding hydrogens is 666 g/mol. The number of carbonyl (C=O) groups is 3. The number of nitrogens with one attached hydrogen (secondary N) is 3. The Morgan fingerprint density at radius 2 is 1.77 bits per heavy atom. The fourth-order valence-corrected chi connectivity index (χ4v) is 4.48. The first-order chi connectivity index (χ1) is 25.1. The van der Waals surface area contributed by atoms with Crippen molar-refractivity contribution in [2.75, 3.05) is 36.6 Å². The number of anilines is 3. The first kappa shape index (κ1) is 43.6. The van der Waals surface area contributed by atoms with Crippen molar-refractivity contribution in [1.82, 2.24) is 36.1 Å². The van der Waals surface area contributed by atoms with Crippen LogP contribution in [0.2, 0.25) is 0 Å². The van der Waals surface area contributed by atoms with Gasteiger partial charge in [0.2, 0.25) is 12.4 Å². The molecule has 17 heteroatoms. The number of hydrazone groups is 1. The number of aliphatic hydroxyl groups is 1. The van der Waals surface area contributed by atoms with Crippen LogP contribution >= 0.6 is 0 Å². The lowest BCUT2D eigenvalue weighted by molar-refractivity contribution is -0.109. The van der Waals surface area contributed by atoms with Crippen molar-refractivity contribution in [2.24, 2.45) is 16.7 Å². The average Bonchev–Trinajstić information content (AvgIpc) is 3.16. The maximum Gasteiger partial charge on any atom is 0.251 e. The molecule has 4 aromatic rings. The molecule has 2 amide bonds. The van der Waals surface area contributed by atoms with Crippen molar-refractivity contribution in [3.8, 4) is 12.3 Å². The second kappa shape index (κ2) is 23.9. The summed E-state index contributed by atoms with van der Waals surface area (Å²) in [5.74, 6) is 7.83. The molecule has 52 heavy (non-hydrogen) atoms. The molecule has 278 valence electrons. The van der Waals surface area contributed by atoms with Crippen LogP contribution in [0, 0.1) is 26.2 Å². The van der Waals surface area contributed by atoms with Gasteiger partial charge in [0.05, 0.1) is 31.0 Å². The van der Waals surface area contributed by atoms with E-state index in [1.807, 2.05) is 50.8 Å². The highest BCUT2D eigenvalue weighted by Gasteiger charge is 2.15. The third-order valence-electron chi connectivity index (χ3n) is 6.89. The number of hydrogen-bond acceptors (Lipinski definition) is 14. The van der Waals surface area contributed by atoms with Crippen LogP contribution in [0.3, 0.4) is 0 Å². The summed E-state index contributed by atoms with van der Waals surface area (Å²) in [5.41, 5.74) is 24.9. The number of aliphatic hydroxyl groups excluding tert-OH is 1. The fourth-order valence-electron chi connectivity index (χ4n) is 4.48. The topological polar surface area (TPSA) is 279 Å². The van der Waals surface area contributed by atoms with Crippen molar-refractivity contribution in [3.05, 3.63) is 76.6 Å². The molecule has 2 aromatic heterocycles. The van der Waals surface area contributed by atoms with E-state index in [1.54, 1.807) is 30.5 Å². The highest BCUT2D eigenvalue weighted by molar-refractivity contribution is 5.98. The van der Waals surface area contributed by atoms with Gasteiger partial charge in [-0.25, -0.2) is 21.3 Å². The number of carbonyl (C=O) groups excluding carboxylic acids is 3. The highest BCUT2D eigenvalue weighted by Crippen LogP contribution is 2.20. The molecule has 1 atom stereocenters. The average molecular weight is 716 g/mol. The lowest BCUT2D eigenvalue weighted by atomic mass is 10.1. The normalized spacial score (nSPS) is 10.7. The van der Waals surface area contributed by atoms with Crippen LogP contribution in [-0.2, 0) is 16.1 Å². The molecular formula is C35H49N13O4. The van der Waals surface area contributed by atoms with Gasteiger partial charge in [-0.15, -0.1) is 11.5 Å². The van der Waals surface area contributed by atoms with Gasteiger partial charge in [0, 0.05) is 30.5 Å². The Morgan fingerprint density at radius 3 is 2.38 bits per heavy atom. The number of terminal acetylenes is 1. The van der Waals surface area contributed by atoms with Crippen LogP contribution in [0.5, 0.6) is 0 Å². The van der Waals surface area contributed by atoms with Crippen LogP contribution in [0.25, 0.3) is 11.2 Å². The number of aryl methyl sites for hydroxylation is 2. The van der Waals surface area contributed by atoms with E-state index in [0.29, 0.717) is 66.9 Å². The summed E-state index contributed by atoms with van der Waals surface area (Å²) in [4.78, 5) is 52.7. The number of rotatable bonds is 14. The monoisotopic (exact) mass is 715 g/mol. The molecule has 0 aliphatic rings. The van der Waals surface area contributed by atoms with Gasteiger partial charge < -0.3 is 42.6 Å². The van der Waals surface area contributed by atoms with Gasteiger partial charge >= 0.3 is 0 Å². The molecule has 0 saturated heterocycles. The summed E-state index contributed by atoms with van der Waals surface area (Å²) in [5, 5.41) is 15.9. The van der Waals surface area contributed by atoms with Crippen molar-refractivity contribution in [3.63, 3.8) is 0 Å². The van der Waals surface area contributed by atoms with E-state index in [-0.39, 0.29) is 24.2 Å². The molecule has 4 rings (SSSR count). The van der Waals surface area contributed by atoms with Crippen LogP contribution in [0.4, 0.5) is 17.5 Å². The minimum absolute atomic E-state index is 0.0181. The van der Waals surface area contributed by atoms with Crippen molar-refractivity contribution in [1.29, 1.82) is 0 Å². The minimum Gasteiger partial charge on any atom is -0.400 e. The number of fused-ring (bicyclic) bond motifs is 1. The zero-order chi connectivity index (χ0) is 39.1. The van der Waals surface area contributed by atoms with E-state index in [0.717, 1.165) is 29.5 Å². The summed E-state index contributed by atoms with van der Waals surface area (Å²) in [6.07, 6.45) is 9.36. The van der Waals surface area contributed by atoms with Gasteiger partial charge in [-0.3, -0.25) is 9.59 Å². The maximum atomic E-state index is 12.5. The number of aromatic nitrogens is 4. The van der Waals surface area contributed by atoms with E-state index in [1.165, 1.54) is 0 Å². The molecule has 2 heterocycles. The first-order valence-electron chi connectivity index (χ1n) is 16.2. The maximum absolute atomic E-state index is 12.5. The third-order valence-corrected chi connectivity index (χ3v) is 6.89. The summed E-state index contributed by atoms with van der Waals surface area (Å²) in [7, 11) is 1.00. The smallest absolute Gasteiger partial charge is 0.251 e. The molecule has 2 aromatic carbocycles. The van der Waals surface area contributed by atoms with E-state index in [9.17, 15) is 14.4 Å². The molecule has 17 nitrogen and oxygen atoms in total. The number of nitrogens with zero attached hydrogens (tertiary/aromatic N) is 6. The predicted octanol–water partition coefficient (Wildman–Crippen LogP) is 1.07. The number of amides is 2. The van der Waals surface area contributed by atoms with E-state index in [2.05, 4.69) is 47.1 Å². The number of hydrazine groups is 1. The number of nitrogens with two attached hydrogens (primary N) is 4. The SMILES string of the molecule is C#CCN(Cc1cnc2nc(N)nc(N)c2n1)c1ccc(C(=O)NC(C=O)CCCNC=O)cc1.CC.CO.Cc1ccc(C)c(/C(N)=N/NN)c1. The number of aldehydes is 1. The van der Waals surface area contributed by atoms with Gasteiger partial charge in [-0.1, -0.05) is 37.5 Å². The molecule has 0 aliphatic carbocycles. The molecule has 0 saturated carbocycles. The van der Waals surface area contributed by atoms with Gasteiger partial charge in [-0.2, -0.15) is 9.97 Å². The third kappa shape index (κ3) is 13.9. The minimum atomic E-state index is -0.646. The largest absolute Gasteiger partial charge is 0.400 e. The lowest BCUT2D eigenvalue weighted by Crippen LogP contribution is -2.36. The van der Waals surface area contributed by atoms with Gasteiger partial charge in [-0.05, 0) is 62.6 Å². The zero-order valence-electron chi connectivity index (χ0n) is 30.1. The predicted molar refractivity (Wildman–Crippen MR) is 204 cm³/mol. The summed E-state index contributed by atoms with van der Waals surface area (Å²) >= 11 is 0. The second-order valence-electron chi connectivity index (χ2n) is 10.5. The Hall–Kier alpha value is -6.38. The number of amidine groups is 1. The second-order valence-corrected chi connectivity index (χ2v) is 10.5. The Balaban J connectivity index is 0.000000663. The summed E-state index contributed by atoms with van der Waals surface area (Å²) in [6, 6.07) is 12.2. The van der Waals surface area contributed by atoms with Crippen molar-refractivity contribution in [2.45, 2.75) is 53.1 Å². The molecule has 0 fully saturated rings. The summed E-state index contributed by atoms with van der Waals surface area (Å²) in [6.45, 7) is 9.02. The standard InChI is InChI=1S/C23H25N9O3.C9H14N4.C2H6.CH4O/c1-2-10-32(12-17-11-27-21-19(28-17)20(24)30-23(25)31-21)18-7-5-15(6-8-18)22(35)29-16(13-33)4-3-9-26-14-34;1-6-3-4-7(2)8(5-6)9(10)12-13-11;2*1-2/h1,5-8,11,13-14,16H,3-4,9-10,12H2,(H,26,34)(H,29,35)(H4,24,25,27,30,31);3-5,13H,11H2,1-2H3,(H2,10,12);1-2H3;2H,1H3. The zero-order valence-corrected chi connectivity index (χ0v) is 30.1.